The number of carbonyl (C=O) groups excluding carboxylic acids is 1. The van der Waals surface area contributed by atoms with Crippen LogP contribution in [0, 0.1) is 23.2 Å². The number of methoxy groups -OCH3 is 1. The molecular weight excluding hydrogens is 282 g/mol. The third-order valence-electron chi connectivity index (χ3n) is 6.02. The summed E-state index contributed by atoms with van der Waals surface area (Å²) in [7, 11) is 1.45. The number of aliphatic carboxylic acids is 1. The molecule has 4 bridgehead atoms. The Balaban J connectivity index is 1.65. The summed E-state index contributed by atoms with van der Waals surface area (Å²) in [6.07, 6.45) is 7.97. The Hall–Kier alpha value is -1.10. The van der Waals surface area contributed by atoms with Crippen molar-refractivity contribution in [2.45, 2.75) is 57.4 Å². The Morgan fingerprint density at radius 1 is 1.18 bits per heavy atom. The Kier molecular flexibility index (Phi) is 3.96. The van der Waals surface area contributed by atoms with Crippen molar-refractivity contribution < 1.29 is 19.4 Å². The second-order valence-electron chi connectivity index (χ2n) is 8.21. The summed E-state index contributed by atoms with van der Waals surface area (Å²) in [5.74, 6) is 1.20. The van der Waals surface area contributed by atoms with E-state index in [1.807, 2.05) is 0 Å². The van der Waals surface area contributed by atoms with Gasteiger partial charge in [-0.1, -0.05) is 0 Å². The zero-order chi connectivity index (χ0) is 16.0. The van der Waals surface area contributed by atoms with Gasteiger partial charge >= 0.3 is 5.97 Å². The van der Waals surface area contributed by atoms with E-state index in [0.717, 1.165) is 37.0 Å². The third kappa shape index (κ3) is 2.87. The fourth-order valence-electron chi connectivity index (χ4n) is 5.64. The highest BCUT2D eigenvalue weighted by Gasteiger charge is 2.51. The van der Waals surface area contributed by atoms with Crippen molar-refractivity contribution in [2.24, 2.45) is 23.2 Å². The van der Waals surface area contributed by atoms with Crippen LogP contribution < -0.4 is 5.32 Å². The highest BCUT2D eigenvalue weighted by atomic mass is 16.5. The lowest BCUT2D eigenvalue weighted by Crippen LogP contribution is -2.57. The van der Waals surface area contributed by atoms with Crippen LogP contribution in [0.4, 0.5) is 0 Å². The maximum absolute atomic E-state index is 12.5. The number of ether oxygens (including phenoxy) is 1. The molecule has 1 amide bonds. The summed E-state index contributed by atoms with van der Waals surface area (Å²) in [4.78, 5) is 23.9. The predicted octanol–water partition coefficient (Wildman–Crippen LogP) is 2.20. The number of carboxylic acids is 1. The second kappa shape index (κ2) is 5.52. The Morgan fingerprint density at radius 2 is 1.68 bits per heavy atom. The summed E-state index contributed by atoms with van der Waals surface area (Å²) in [5, 5.41) is 12.1. The van der Waals surface area contributed by atoms with Crippen LogP contribution in [-0.2, 0) is 14.3 Å². The van der Waals surface area contributed by atoms with Crippen LogP contribution in [0.2, 0.25) is 0 Å². The molecule has 0 spiro atoms. The van der Waals surface area contributed by atoms with E-state index in [1.165, 1.54) is 33.3 Å². The van der Waals surface area contributed by atoms with E-state index < -0.39 is 11.5 Å². The molecule has 22 heavy (non-hydrogen) atoms. The first-order chi connectivity index (χ1) is 10.3. The van der Waals surface area contributed by atoms with E-state index in [-0.39, 0.29) is 17.9 Å². The molecule has 0 radical (unpaired) electrons. The van der Waals surface area contributed by atoms with Gasteiger partial charge in [0.25, 0.3) is 0 Å². The molecule has 2 N–H and O–H groups in total. The highest BCUT2D eigenvalue weighted by molar-refractivity contribution is 5.87. The minimum atomic E-state index is -1.34. The number of hydrogen-bond donors (Lipinski definition) is 2. The molecule has 4 fully saturated rings. The molecule has 0 aromatic heterocycles. The molecule has 0 aliphatic heterocycles. The molecule has 1 unspecified atom stereocenters. The monoisotopic (exact) mass is 309 g/mol. The van der Waals surface area contributed by atoms with Crippen molar-refractivity contribution in [3.8, 4) is 0 Å². The van der Waals surface area contributed by atoms with Gasteiger partial charge in [-0.25, -0.2) is 4.79 Å². The van der Waals surface area contributed by atoms with Gasteiger partial charge < -0.3 is 15.2 Å². The average molecular weight is 309 g/mol. The molecule has 0 aromatic carbocycles. The van der Waals surface area contributed by atoms with Crippen LogP contribution >= 0.6 is 0 Å². The summed E-state index contributed by atoms with van der Waals surface area (Å²) < 4.78 is 4.97. The van der Waals surface area contributed by atoms with Gasteiger partial charge in [0.1, 0.15) is 0 Å². The van der Waals surface area contributed by atoms with Crippen LogP contribution in [-0.4, -0.2) is 36.2 Å². The molecule has 1 atom stereocenters. The van der Waals surface area contributed by atoms with Gasteiger partial charge in [0, 0.05) is 13.5 Å². The zero-order valence-electron chi connectivity index (χ0n) is 13.6. The molecule has 0 saturated heterocycles. The predicted molar refractivity (Wildman–Crippen MR) is 81.3 cm³/mol. The number of hydrogen-bond acceptors (Lipinski definition) is 3. The minimum absolute atomic E-state index is 0.0189. The molecule has 0 aromatic rings. The fraction of sp³-hybridized carbons (Fsp3) is 0.882. The Morgan fingerprint density at radius 3 is 2.09 bits per heavy atom. The van der Waals surface area contributed by atoms with Crippen LogP contribution in [0.15, 0.2) is 0 Å². The van der Waals surface area contributed by atoms with Crippen LogP contribution in [0.1, 0.15) is 51.9 Å². The average Bonchev–Trinajstić information content (AvgIpc) is 2.35. The lowest BCUT2D eigenvalue weighted by atomic mass is 9.49. The van der Waals surface area contributed by atoms with Crippen molar-refractivity contribution >= 4 is 11.9 Å². The number of carbonyl (C=O) groups is 2. The Labute approximate surface area is 131 Å². The highest BCUT2D eigenvalue weighted by Crippen LogP contribution is 2.61. The first-order valence-corrected chi connectivity index (χ1v) is 8.37. The second-order valence-corrected chi connectivity index (χ2v) is 8.21. The van der Waals surface area contributed by atoms with E-state index >= 15 is 0 Å². The van der Waals surface area contributed by atoms with E-state index in [4.69, 9.17) is 4.74 Å². The van der Waals surface area contributed by atoms with Gasteiger partial charge in [-0.3, -0.25) is 4.79 Å². The molecule has 5 nitrogen and oxygen atoms in total. The summed E-state index contributed by atoms with van der Waals surface area (Å²) in [6.45, 7) is 1.49. The van der Waals surface area contributed by atoms with Gasteiger partial charge in [0.2, 0.25) is 5.91 Å². The van der Waals surface area contributed by atoms with Crippen molar-refractivity contribution in [3.05, 3.63) is 0 Å². The fourth-order valence-corrected chi connectivity index (χ4v) is 5.64. The summed E-state index contributed by atoms with van der Waals surface area (Å²) in [6, 6.07) is 0. The first kappa shape index (κ1) is 15.8. The van der Waals surface area contributed by atoms with Crippen LogP contribution in [0.25, 0.3) is 0 Å². The molecule has 4 saturated carbocycles. The molecule has 0 heterocycles. The zero-order valence-corrected chi connectivity index (χ0v) is 13.6. The number of carboxylic acid groups (broad SMARTS) is 1. The van der Waals surface area contributed by atoms with Crippen LogP contribution in [0.5, 0.6) is 0 Å². The SMILES string of the molecule is COCC(C)(NC(=O)CC12CC3CC(CC(C3)C1)C2)C(=O)O. The van der Waals surface area contributed by atoms with Crippen molar-refractivity contribution in [3.63, 3.8) is 0 Å². The van der Waals surface area contributed by atoms with Crippen molar-refractivity contribution in [1.82, 2.24) is 5.32 Å². The smallest absolute Gasteiger partial charge is 0.331 e. The Bertz CT molecular complexity index is 440. The van der Waals surface area contributed by atoms with E-state index in [2.05, 4.69) is 5.32 Å². The number of rotatable bonds is 6. The van der Waals surface area contributed by atoms with Gasteiger partial charge in [-0.15, -0.1) is 0 Å². The van der Waals surface area contributed by atoms with E-state index in [0.29, 0.717) is 6.42 Å². The number of amides is 1. The molecular formula is C17H27NO4. The third-order valence-corrected chi connectivity index (χ3v) is 6.02. The minimum Gasteiger partial charge on any atom is -0.479 e. The normalized spacial score (nSPS) is 38.5. The van der Waals surface area contributed by atoms with Gasteiger partial charge in [-0.2, -0.15) is 0 Å². The first-order valence-electron chi connectivity index (χ1n) is 8.37. The molecule has 4 aliphatic carbocycles. The van der Waals surface area contributed by atoms with E-state index in [9.17, 15) is 14.7 Å². The van der Waals surface area contributed by atoms with Gasteiger partial charge in [0.15, 0.2) is 5.54 Å². The maximum Gasteiger partial charge on any atom is 0.331 e. The standard InChI is InChI=1S/C17H27NO4/c1-16(10-22-2,15(20)21)18-14(19)9-17-6-11-3-12(7-17)5-13(4-11)8-17/h11-13H,3-10H2,1-2H3,(H,18,19)(H,20,21). The quantitative estimate of drug-likeness (QED) is 0.788. The van der Waals surface area contributed by atoms with Gasteiger partial charge in [0.05, 0.1) is 6.61 Å². The largest absolute Gasteiger partial charge is 0.479 e. The molecule has 4 rings (SSSR count). The molecule has 124 valence electrons. The lowest BCUT2D eigenvalue weighted by Gasteiger charge is -2.56. The number of nitrogens with one attached hydrogen (secondary N) is 1. The molecule has 5 heteroatoms. The summed E-state index contributed by atoms with van der Waals surface area (Å²) in [5.41, 5.74) is -1.21. The maximum atomic E-state index is 12.5. The van der Waals surface area contributed by atoms with Gasteiger partial charge in [-0.05, 0) is 68.6 Å². The summed E-state index contributed by atoms with van der Waals surface area (Å²) >= 11 is 0. The van der Waals surface area contributed by atoms with Crippen LogP contribution in [0.3, 0.4) is 0 Å². The molecule has 4 aliphatic rings. The lowest BCUT2D eigenvalue weighted by molar-refractivity contribution is -0.150. The van der Waals surface area contributed by atoms with Crippen molar-refractivity contribution in [1.29, 1.82) is 0 Å². The topological polar surface area (TPSA) is 75.6 Å². The van der Waals surface area contributed by atoms with E-state index in [1.54, 1.807) is 0 Å². The van der Waals surface area contributed by atoms with Crippen molar-refractivity contribution in [2.75, 3.05) is 13.7 Å².